The lowest BCUT2D eigenvalue weighted by Crippen LogP contribution is -2.49. The first kappa shape index (κ1) is 19.1. The van der Waals surface area contributed by atoms with Crippen LogP contribution in [0, 0.1) is 5.41 Å². The van der Waals surface area contributed by atoms with Crippen LogP contribution in [0.15, 0.2) is 30.3 Å². The minimum atomic E-state index is -3.69. The Kier molecular flexibility index (Phi) is 5.50. The third kappa shape index (κ3) is 5.11. The lowest BCUT2D eigenvalue weighted by atomic mass is 9.63. The van der Waals surface area contributed by atoms with Gasteiger partial charge in [-0.25, -0.2) is 13.2 Å². The van der Waals surface area contributed by atoms with E-state index in [9.17, 15) is 13.2 Å². The van der Waals surface area contributed by atoms with Crippen LogP contribution in [-0.4, -0.2) is 25.9 Å². The van der Waals surface area contributed by atoms with Gasteiger partial charge in [-0.2, -0.15) is 0 Å². The molecule has 0 saturated heterocycles. The van der Waals surface area contributed by atoms with Crippen LogP contribution in [0.4, 0.5) is 4.79 Å². The summed E-state index contributed by atoms with van der Waals surface area (Å²) in [6, 6.07) is 8.89. The zero-order valence-electron chi connectivity index (χ0n) is 14.2. The molecule has 0 spiro atoms. The molecule has 1 aromatic rings. The highest BCUT2D eigenvalue weighted by molar-refractivity contribution is 8.13. The van der Waals surface area contributed by atoms with Gasteiger partial charge in [0.25, 0.3) is 0 Å². The van der Waals surface area contributed by atoms with Crippen LogP contribution in [0.5, 0.6) is 0 Å². The van der Waals surface area contributed by atoms with Crippen LogP contribution in [0.3, 0.4) is 0 Å². The third-order valence-electron chi connectivity index (χ3n) is 4.22. The fraction of sp³-hybridized carbons (Fsp3) is 0.588. The molecule has 1 aromatic carbocycles. The highest BCUT2D eigenvalue weighted by atomic mass is 35.7. The number of halogens is 1. The summed E-state index contributed by atoms with van der Waals surface area (Å²) in [5.74, 6) is -0.170. The number of benzene rings is 1. The Morgan fingerprint density at radius 3 is 2.29 bits per heavy atom. The van der Waals surface area contributed by atoms with Gasteiger partial charge in [0.15, 0.2) is 0 Å². The number of nitrogens with one attached hydrogen (secondary N) is 1. The van der Waals surface area contributed by atoms with Crippen molar-refractivity contribution in [1.82, 2.24) is 5.32 Å². The van der Waals surface area contributed by atoms with E-state index in [0.717, 1.165) is 12.0 Å². The molecule has 1 N–H and O–H groups in total. The number of carbonyl (C=O) groups is 1. The van der Waals surface area contributed by atoms with Crippen molar-refractivity contribution in [2.45, 2.75) is 51.7 Å². The minimum Gasteiger partial charge on any atom is -0.444 e. The Balaban J connectivity index is 2.31. The second-order valence-electron chi connectivity index (χ2n) is 7.39. The van der Waals surface area contributed by atoms with Crippen LogP contribution in [-0.2, 0) is 13.8 Å². The number of hydrogen-bond donors (Lipinski definition) is 1. The van der Waals surface area contributed by atoms with Crippen molar-refractivity contribution in [1.29, 1.82) is 0 Å². The summed E-state index contributed by atoms with van der Waals surface area (Å²) in [5.41, 5.74) is -0.376. The Bertz CT molecular complexity index is 678. The molecule has 1 unspecified atom stereocenters. The molecule has 0 aliphatic heterocycles. The zero-order valence-corrected chi connectivity index (χ0v) is 15.8. The summed E-state index contributed by atoms with van der Waals surface area (Å²) in [4.78, 5) is 12.3. The molecule has 7 heteroatoms. The lowest BCUT2D eigenvalue weighted by molar-refractivity contribution is 0.0358. The molecule has 0 radical (unpaired) electrons. The van der Waals surface area contributed by atoms with Crippen molar-refractivity contribution in [2.24, 2.45) is 5.41 Å². The third-order valence-corrected chi connectivity index (χ3v) is 5.46. The van der Waals surface area contributed by atoms with E-state index in [0.29, 0.717) is 12.8 Å². The summed E-state index contributed by atoms with van der Waals surface area (Å²) in [6.07, 6.45) is 1.73. The van der Waals surface area contributed by atoms with Crippen molar-refractivity contribution >= 4 is 25.8 Å². The summed E-state index contributed by atoms with van der Waals surface area (Å²) in [7, 11) is 1.85. The van der Waals surface area contributed by atoms with Crippen molar-refractivity contribution in [3.63, 3.8) is 0 Å². The first-order chi connectivity index (χ1) is 11.0. The second kappa shape index (κ2) is 6.92. The summed E-state index contributed by atoms with van der Waals surface area (Å²) >= 11 is 0. The lowest BCUT2D eigenvalue weighted by Gasteiger charge is -2.47. The average molecular weight is 374 g/mol. The van der Waals surface area contributed by atoms with E-state index in [2.05, 4.69) is 5.32 Å². The largest absolute Gasteiger partial charge is 0.444 e. The van der Waals surface area contributed by atoms with Crippen LogP contribution in [0.25, 0.3) is 0 Å². The van der Waals surface area contributed by atoms with Gasteiger partial charge >= 0.3 is 6.09 Å². The number of rotatable bonds is 5. The Labute approximate surface area is 148 Å². The van der Waals surface area contributed by atoms with E-state index in [4.69, 9.17) is 15.4 Å². The SMILES string of the molecule is CC(C)(C)OC(=O)NC(c1ccccc1)C1(CS(=O)(=O)Cl)CCC1. The first-order valence-corrected chi connectivity index (χ1v) is 10.5. The van der Waals surface area contributed by atoms with Gasteiger partial charge < -0.3 is 10.1 Å². The molecule has 5 nitrogen and oxygen atoms in total. The van der Waals surface area contributed by atoms with E-state index < -0.39 is 32.2 Å². The predicted molar refractivity (Wildman–Crippen MR) is 94.5 cm³/mol. The molecule has 2 rings (SSSR count). The summed E-state index contributed by atoms with van der Waals surface area (Å²) < 4.78 is 28.8. The van der Waals surface area contributed by atoms with E-state index in [1.165, 1.54) is 0 Å². The highest BCUT2D eigenvalue weighted by Crippen LogP contribution is 2.51. The molecule has 134 valence electrons. The van der Waals surface area contributed by atoms with Gasteiger partial charge in [-0.15, -0.1) is 0 Å². The standard InChI is InChI=1S/C17H24ClNO4S/c1-16(2,3)23-15(20)19-14(13-8-5-4-6-9-13)17(10-7-11-17)12-24(18,21)22/h4-6,8-9,14H,7,10-12H2,1-3H3,(H,19,20). The van der Waals surface area contributed by atoms with Gasteiger partial charge in [-0.1, -0.05) is 36.8 Å². The van der Waals surface area contributed by atoms with Gasteiger partial charge in [0, 0.05) is 16.1 Å². The molecule has 24 heavy (non-hydrogen) atoms. The Morgan fingerprint density at radius 1 is 1.29 bits per heavy atom. The predicted octanol–water partition coefficient (Wildman–Crippen LogP) is 3.99. The molecule has 1 atom stereocenters. The van der Waals surface area contributed by atoms with E-state index in [-0.39, 0.29) is 5.75 Å². The van der Waals surface area contributed by atoms with Crippen molar-refractivity contribution in [3.8, 4) is 0 Å². The molecular weight excluding hydrogens is 350 g/mol. The molecule has 1 aliphatic carbocycles. The molecule has 0 aromatic heterocycles. The zero-order chi connectivity index (χ0) is 18.0. The molecule has 1 fully saturated rings. The fourth-order valence-corrected chi connectivity index (χ4v) is 4.95. The average Bonchev–Trinajstić information content (AvgIpc) is 2.38. The number of amides is 1. The summed E-state index contributed by atoms with van der Waals surface area (Å²) in [6.45, 7) is 5.35. The molecule has 1 aliphatic rings. The second-order valence-corrected chi connectivity index (χ2v) is 10.2. The molecule has 1 amide bonds. The maximum atomic E-state index is 12.3. The van der Waals surface area contributed by atoms with Crippen LogP contribution in [0.2, 0.25) is 0 Å². The Morgan fingerprint density at radius 2 is 1.88 bits per heavy atom. The van der Waals surface area contributed by atoms with Gasteiger partial charge in [0.05, 0.1) is 11.8 Å². The van der Waals surface area contributed by atoms with Gasteiger partial charge in [0.1, 0.15) is 5.60 Å². The van der Waals surface area contributed by atoms with Gasteiger partial charge in [0.2, 0.25) is 9.05 Å². The molecule has 1 saturated carbocycles. The summed E-state index contributed by atoms with van der Waals surface area (Å²) in [5, 5.41) is 2.87. The van der Waals surface area contributed by atoms with Crippen LogP contribution in [0.1, 0.15) is 51.6 Å². The molecule has 0 heterocycles. The number of carbonyl (C=O) groups excluding carboxylic acids is 1. The normalized spacial score (nSPS) is 18.3. The maximum Gasteiger partial charge on any atom is 0.408 e. The first-order valence-electron chi connectivity index (χ1n) is 7.98. The quantitative estimate of drug-likeness (QED) is 0.792. The fourth-order valence-electron chi connectivity index (χ4n) is 3.15. The van der Waals surface area contributed by atoms with Crippen molar-refractivity contribution in [3.05, 3.63) is 35.9 Å². The van der Waals surface area contributed by atoms with Crippen LogP contribution < -0.4 is 5.32 Å². The number of hydrogen-bond acceptors (Lipinski definition) is 4. The monoisotopic (exact) mass is 373 g/mol. The maximum absolute atomic E-state index is 12.3. The van der Waals surface area contributed by atoms with Gasteiger partial charge in [-0.05, 0) is 39.2 Å². The number of ether oxygens (including phenoxy) is 1. The minimum absolute atomic E-state index is 0.170. The molecule has 0 bridgehead atoms. The van der Waals surface area contributed by atoms with Crippen LogP contribution >= 0.6 is 10.7 Å². The van der Waals surface area contributed by atoms with E-state index >= 15 is 0 Å². The van der Waals surface area contributed by atoms with Crippen molar-refractivity contribution in [2.75, 3.05) is 5.75 Å². The van der Waals surface area contributed by atoms with E-state index in [1.54, 1.807) is 20.8 Å². The topological polar surface area (TPSA) is 72.5 Å². The smallest absolute Gasteiger partial charge is 0.408 e. The Hall–Kier alpha value is -1.27. The van der Waals surface area contributed by atoms with Gasteiger partial charge in [-0.3, -0.25) is 0 Å². The highest BCUT2D eigenvalue weighted by Gasteiger charge is 2.48. The number of alkyl carbamates (subject to hydrolysis) is 1. The van der Waals surface area contributed by atoms with Crippen molar-refractivity contribution < 1.29 is 17.9 Å². The van der Waals surface area contributed by atoms with E-state index in [1.807, 2.05) is 30.3 Å². The molecular formula is C17H24ClNO4S.